The average Bonchev–Trinajstić information content (AvgIpc) is 3.13. The molecule has 1 aliphatic heterocycles. The van der Waals surface area contributed by atoms with Gasteiger partial charge in [-0.2, -0.15) is 0 Å². The van der Waals surface area contributed by atoms with Gasteiger partial charge in [0.2, 0.25) is 5.91 Å². The first-order chi connectivity index (χ1) is 12.4. The number of carboxylic acids is 1. The number of nitrogens with zero attached hydrogens (tertiary/aromatic N) is 2. The van der Waals surface area contributed by atoms with Crippen molar-refractivity contribution < 1.29 is 23.5 Å². The van der Waals surface area contributed by atoms with Crippen LogP contribution in [0.25, 0.3) is 0 Å². The lowest BCUT2D eigenvalue weighted by molar-refractivity contribution is -0.129. The van der Waals surface area contributed by atoms with Gasteiger partial charge in [-0.1, -0.05) is 0 Å². The Morgan fingerprint density at radius 1 is 1.35 bits per heavy atom. The normalized spacial score (nSPS) is 17.3. The summed E-state index contributed by atoms with van der Waals surface area (Å²) in [4.78, 5) is 30.0. The van der Waals surface area contributed by atoms with Gasteiger partial charge >= 0.3 is 5.97 Å². The number of aromatic carboxylic acids is 1. The highest BCUT2D eigenvalue weighted by atomic mass is 32.2. The number of carboxylic acid groups (broad SMARTS) is 1. The number of hydrogen-bond acceptors (Lipinski definition) is 5. The van der Waals surface area contributed by atoms with Gasteiger partial charge in [-0.05, 0) is 31.0 Å². The Labute approximate surface area is 157 Å². The Balaban J connectivity index is 1.58. The Morgan fingerprint density at radius 2 is 2.15 bits per heavy atom. The zero-order valence-electron chi connectivity index (χ0n) is 13.7. The number of thiazole rings is 1. The van der Waals surface area contributed by atoms with Gasteiger partial charge < -0.3 is 10.0 Å². The molecule has 1 unspecified atom stereocenters. The molecular weight excluding hydrogens is 382 g/mol. The fourth-order valence-electron chi connectivity index (χ4n) is 2.78. The Morgan fingerprint density at radius 3 is 2.85 bits per heavy atom. The molecule has 1 aromatic carbocycles. The number of carbonyl (C=O) groups excluding carboxylic acids is 1. The van der Waals surface area contributed by atoms with E-state index in [0.29, 0.717) is 18.0 Å². The smallest absolute Gasteiger partial charge is 0.347 e. The maximum absolute atomic E-state index is 13.2. The van der Waals surface area contributed by atoms with Crippen LogP contribution < -0.4 is 0 Å². The van der Waals surface area contributed by atoms with E-state index in [1.807, 2.05) is 0 Å². The number of amides is 1. The topological polar surface area (TPSA) is 70.5 Å². The van der Waals surface area contributed by atoms with Gasteiger partial charge in [0, 0.05) is 23.9 Å². The first kappa shape index (κ1) is 18.8. The van der Waals surface area contributed by atoms with Gasteiger partial charge in [-0.15, -0.1) is 23.1 Å². The van der Waals surface area contributed by atoms with Crippen molar-refractivity contribution in [2.45, 2.75) is 23.7 Å². The minimum absolute atomic E-state index is 0.0269. The Hall–Kier alpha value is -2.00. The largest absolute Gasteiger partial charge is 0.477 e. The quantitative estimate of drug-likeness (QED) is 0.779. The molecule has 9 heteroatoms. The maximum atomic E-state index is 13.2. The van der Waals surface area contributed by atoms with Crippen molar-refractivity contribution in [1.29, 1.82) is 0 Å². The van der Waals surface area contributed by atoms with Crippen molar-refractivity contribution in [3.63, 3.8) is 0 Å². The molecule has 138 valence electrons. The molecule has 1 atom stereocenters. The van der Waals surface area contributed by atoms with Crippen LogP contribution in [0.5, 0.6) is 0 Å². The van der Waals surface area contributed by atoms with Crippen LogP contribution in [-0.4, -0.2) is 45.7 Å². The van der Waals surface area contributed by atoms with Crippen molar-refractivity contribution in [3.8, 4) is 0 Å². The highest BCUT2D eigenvalue weighted by Gasteiger charge is 2.27. The number of hydrogen-bond donors (Lipinski definition) is 1. The highest BCUT2D eigenvalue weighted by molar-refractivity contribution is 8.00. The van der Waals surface area contributed by atoms with Gasteiger partial charge in [-0.3, -0.25) is 4.79 Å². The van der Waals surface area contributed by atoms with Gasteiger partial charge in [-0.25, -0.2) is 18.6 Å². The number of carbonyl (C=O) groups is 2. The van der Waals surface area contributed by atoms with E-state index in [9.17, 15) is 18.4 Å². The molecule has 0 radical (unpaired) electrons. The summed E-state index contributed by atoms with van der Waals surface area (Å²) in [6.07, 6.45) is 3.02. The number of benzene rings is 1. The van der Waals surface area contributed by atoms with Crippen molar-refractivity contribution in [3.05, 3.63) is 45.9 Å². The third-order valence-electron chi connectivity index (χ3n) is 4.11. The van der Waals surface area contributed by atoms with Crippen LogP contribution in [0.2, 0.25) is 0 Å². The van der Waals surface area contributed by atoms with E-state index in [2.05, 4.69) is 4.98 Å². The molecular formula is C17H16F2N2O3S2. The number of halogens is 2. The van der Waals surface area contributed by atoms with Crippen molar-refractivity contribution >= 4 is 35.0 Å². The second kappa shape index (κ2) is 8.13. The molecule has 0 aliphatic carbocycles. The SMILES string of the molecule is O=C(O)c1cnc(C2CCCN(C(=O)CSc3ccc(F)c(F)c3)C2)s1. The number of thioether (sulfide) groups is 1. The summed E-state index contributed by atoms with van der Waals surface area (Å²) < 4.78 is 26.2. The lowest BCUT2D eigenvalue weighted by atomic mass is 9.99. The van der Waals surface area contributed by atoms with Gasteiger partial charge in [0.05, 0.1) is 17.0 Å². The maximum Gasteiger partial charge on any atom is 0.347 e. The van der Waals surface area contributed by atoms with Gasteiger partial charge in [0.15, 0.2) is 11.6 Å². The van der Waals surface area contributed by atoms with Crippen LogP contribution in [0.3, 0.4) is 0 Å². The van der Waals surface area contributed by atoms with E-state index in [1.54, 1.807) is 4.90 Å². The van der Waals surface area contributed by atoms with Crippen LogP contribution in [0.15, 0.2) is 29.3 Å². The molecule has 26 heavy (non-hydrogen) atoms. The second-order valence-electron chi connectivity index (χ2n) is 5.91. The summed E-state index contributed by atoms with van der Waals surface area (Å²) in [6, 6.07) is 3.56. The predicted molar refractivity (Wildman–Crippen MR) is 94.7 cm³/mol. The summed E-state index contributed by atoms with van der Waals surface area (Å²) in [5.74, 6) is -2.77. The van der Waals surface area contributed by atoms with Gasteiger partial charge in [0.1, 0.15) is 4.88 Å². The summed E-state index contributed by atoms with van der Waals surface area (Å²) in [5, 5.41) is 9.73. The molecule has 1 amide bonds. The minimum Gasteiger partial charge on any atom is -0.477 e. The Bertz CT molecular complexity index is 828. The predicted octanol–water partition coefficient (Wildman–Crippen LogP) is 3.62. The fraction of sp³-hybridized carbons (Fsp3) is 0.353. The summed E-state index contributed by atoms with van der Waals surface area (Å²) in [7, 11) is 0. The zero-order chi connectivity index (χ0) is 18.7. The summed E-state index contributed by atoms with van der Waals surface area (Å²) in [5.41, 5.74) is 0. The standard InChI is InChI=1S/C17H16F2N2O3S2/c18-12-4-3-11(6-13(12)19)25-9-15(22)21-5-1-2-10(8-21)16-20-7-14(26-16)17(23)24/h3-4,6-7,10H,1-2,5,8-9H2,(H,23,24). The van der Waals surface area contributed by atoms with E-state index in [-0.39, 0.29) is 22.5 Å². The van der Waals surface area contributed by atoms with Crippen molar-refractivity contribution in [1.82, 2.24) is 9.88 Å². The minimum atomic E-state index is -1.000. The number of likely N-dealkylation sites (tertiary alicyclic amines) is 1. The zero-order valence-corrected chi connectivity index (χ0v) is 15.3. The number of rotatable bonds is 5. The number of piperidine rings is 1. The molecule has 2 heterocycles. The molecule has 0 spiro atoms. The lowest BCUT2D eigenvalue weighted by Gasteiger charge is -2.31. The molecule has 1 N–H and O–H groups in total. The molecule has 1 saturated heterocycles. The molecule has 1 aliphatic rings. The van der Waals surface area contributed by atoms with Crippen LogP contribution >= 0.6 is 23.1 Å². The van der Waals surface area contributed by atoms with Crippen molar-refractivity contribution in [2.75, 3.05) is 18.8 Å². The average molecular weight is 398 g/mol. The molecule has 1 fully saturated rings. The van der Waals surface area contributed by atoms with Crippen LogP contribution in [0.1, 0.15) is 33.4 Å². The highest BCUT2D eigenvalue weighted by Crippen LogP contribution is 2.30. The summed E-state index contributed by atoms with van der Waals surface area (Å²) in [6.45, 7) is 1.12. The first-order valence-corrected chi connectivity index (χ1v) is 9.79. The molecule has 0 bridgehead atoms. The third-order valence-corrected chi connectivity index (χ3v) is 6.24. The Kier molecular flexibility index (Phi) is 5.87. The van der Waals surface area contributed by atoms with E-state index in [1.165, 1.54) is 12.3 Å². The van der Waals surface area contributed by atoms with Crippen LogP contribution in [0, 0.1) is 11.6 Å². The first-order valence-electron chi connectivity index (χ1n) is 7.98. The fourth-order valence-corrected chi connectivity index (χ4v) is 4.49. The van der Waals surface area contributed by atoms with E-state index in [0.717, 1.165) is 53.1 Å². The van der Waals surface area contributed by atoms with E-state index < -0.39 is 17.6 Å². The van der Waals surface area contributed by atoms with Gasteiger partial charge in [0.25, 0.3) is 0 Å². The van der Waals surface area contributed by atoms with Crippen molar-refractivity contribution in [2.24, 2.45) is 0 Å². The van der Waals surface area contributed by atoms with Crippen LogP contribution in [-0.2, 0) is 4.79 Å². The number of aromatic nitrogens is 1. The molecule has 5 nitrogen and oxygen atoms in total. The molecule has 1 aromatic heterocycles. The third kappa shape index (κ3) is 4.39. The van der Waals surface area contributed by atoms with E-state index in [4.69, 9.17) is 5.11 Å². The molecule has 3 rings (SSSR count). The lowest BCUT2D eigenvalue weighted by Crippen LogP contribution is -2.40. The van der Waals surface area contributed by atoms with E-state index >= 15 is 0 Å². The van der Waals surface area contributed by atoms with Crippen LogP contribution in [0.4, 0.5) is 8.78 Å². The monoisotopic (exact) mass is 398 g/mol. The second-order valence-corrected chi connectivity index (χ2v) is 8.02. The molecule has 0 saturated carbocycles. The summed E-state index contributed by atoms with van der Waals surface area (Å²) >= 11 is 2.30. The molecule has 2 aromatic rings.